The Balaban J connectivity index is 2.63. The highest BCUT2D eigenvalue weighted by atomic mass is 127. The summed E-state index contributed by atoms with van der Waals surface area (Å²) in [5, 5.41) is 5.27. The highest BCUT2D eigenvalue weighted by Crippen LogP contribution is 2.04. The van der Waals surface area contributed by atoms with Crippen molar-refractivity contribution < 1.29 is 9.59 Å². The molecular formula is C10H12IN3O2. The molecule has 1 heterocycles. The second kappa shape index (κ2) is 6.41. The fraction of sp³-hybridized carbons (Fsp3) is 0.300. The van der Waals surface area contributed by atoms with Crippen LogP contribution >= 0.6 is 22.6 Å². The van der Waals surface area contributed by atoms with Gasteiger partial charge in [-0.2, -0.15) is 0 Å². The van der Waals surface area contributed by atoms with E-state index >= 15 is 0 Å². The minimum absolute atomic E-state index is 0.154. The van der Waals surface area contributed by atoms with Crippen LogP contribution in [0.1, 0.15) is 17.3 Å². The van der Waals surface area contributed by atoms with E-state index in [1.807, 2.05) is 0 Å². The molecule has 0 saturated carbocycles. The number of rotatable bonds is 4. The lowest BCUT2D eigenvalue weighted by atomic mass is 10.2. The number of anilines is 1. The molecule has 2 amide bonds. The van der Waals surface area contributed by atoms with Gasteiger partial charge in [0.1, 0.15) is 5.82 Å². The topological polar surface area (TPSA) is 71.1 Å². The number of carbonyl (C=O) groups is 2. The van der Waals surface area contributed by atoms with E-state index in [4.69, 9.17) is 0 Å². The van der Waals surface area contributed by atoms with Gasteiger partial charge in [-0.05, 0) is 12.1 Å². The van der Waals surface area contributed by atoms with Gasteiger partial charge in [-0.25, -0.2) is 4.98 Å². The highest BCUT2D eigenvalue weighted by Gasteiger charge is 2.05. The van der Waals surface area contributed by atoms with Gasteiger partial charge in [-0.1, -0.05) is 22.6 Å². The van der Waals surface area contributed by atoms with Gasteiger partial charge in [-0.3, -0.25) is 9.59 Å². The van der Waals surface area contributed by atoms with Crippen molar-refractivity contribution in [2.75, 3.05) is 16.3 Å². The molecule has 2 N–H and O–H groups in total. The van der Waals surface area contributed by atoms with Gasteiger partial charge in [-0.15, -0.1) is 0 Å². The molecule has 16 heavy (non-hydrogen) atoms. The zero-order chi connectivity index (χ0) is 12.0. The van der Waals surface area contributed by atoms with Crippen molar-refractivity contribution in [3.63, 3.8) is 0 Å². The smallest absolute Gasteiger partial charge is 0.252 e. The Morgan fingerprint density at radius 1 is 1.44 bits per heavy atom. The van der Waals surface area contributed by atoms with Crippen LogP contribution in [0.15, 0.2) is 18.3 Å². The Hall–Kier alpha value is -1.18. The van der Waals surface area contributed by atoms with E-state index in [0.717, 1.165) is 4.43 Å². The average Bonchev–Trinajstić information content (AvgIpc) is 2.26. The predicted octanol–water partition coefficient (Wildman–Crippen LogP) is 1.20. The third-order valence-electron chi connectivity index (χ3n) is 1.71. The van der Waals surface area contributed by atoms with Gasteiger partial charge in [0.25, 0.3) is 5.91 Å². The summed E-state index contributed by atoms with van der Waals surface area (Å²) in [6, 6.07) is 3.22. The Labute approximate surface area is 107 Å². The molecule has 0 spiro atoms. The fourth-order valence-electron chi connectivity index (χ4n) is 1.05. The Morgan fingerprint density at radius 3 is 2.69 bits per heavy atom. The number of amides is 2. The van der Waals surface area contributed by atoms with E-state index in [9.17, 15) is 9.59 Å². The van der Waals surface area contributed by atoms with Crippen LogP contribution in [0.3, 0.4) is 0 Å². The van der Waals surface area contributed by atoms with Crippen molar-refractivity contribution >= 4 is 40.2 Å². The molecule has 0 radical (unpaired) electrons. The average molecular weight is 333 g/mol. The van der Waals surface area contributed by atoms with Gasteiger partial charge < -0.3 is 10.6 Å². The summed E-state index contributed by atoms with van der Waals surface area (Å²) < 4.78 is 0.862. The maximum absolute atomic E-state index is 11.5. The van der Waals surface area contributed by atoms with Crippen LogP contribution in [0.25, 0.3) is 0 Å². The standard InChI is InChI=1S/C10H12IN3O2/c1-7(15)14-9-3-2-8(6-13-9)10(16)12-5-4-11/h2-3,6H,4-5H2,1H3,(H,12,16)(H,13,14,15). The van der Waals surface area contributed by atoms with Crippen LogP contribution in [0.2, 0.25) is 0 Å². The first kappa shape index (κ1) is 12.9. The first-order valence-corrected chi connectivity index (χ1v) is 6.24. The minimum atomic E-state index is -0.186. The summed E-state index contributed by atoms with van der Waals surface area (Å²) in [5.74, 6) is 0.103. The molecule has 0 atom stereocenters. The summed E-state index contributed by atoms with van der Waals surface area (Å²) >= 11 is 2.18. The summed E-state index contributed by atoms with van der Waals surface area (Å²) in [5.41, 5.74) is 0.485. The Bertz CT molecular complexity index is 378. The molecular weight excluding hydrogens is 321 g/mol. The van der Waals surface area contributed by atoms with E-state index in [1.165, 1.54) is 13.1 Å². The van der Waals surface area contributed by atoms with Gasteiger partial charge in [0.05, 0.1) is 5.56 Å². The SMILES string of the molecule is CC(=O)Nc1ccc(C(=O)NCCI)cn1. The highest BCUT2D eigenvalue weighted by molar-refractivity contribution is 14.1. The number of alkyl halides is 1. The van der Waals surface area contributed by atoms with Crippen LogP contribution < -0.4 is 10.6 Å². The van der Waals surface area contributed by atoms with Crippen LogP contribution in [0, 0.1) is 0 Å². The molecule has 0 aliphatic rings. The second-order valence-corrected chi connectivity index (χ2v) is 4.14. The van der Waals surface area contributed by atoms with Crippen molar-refractivity contribution in [1.29, 1.82) is 0 Å². The molecule has 5 nitrogen and oxygen atoms in total. The Kier molecular flexibility index (Phi) is 5.17. The van der Waals surface area contributed by atoms with Crippen LogP contribution in [-0.2, 0) is 4.79 Å². The van der Waals surface area contributed by atoms with Crippen molar-refractivity contribution in [2.24, 2.45) is 0 Å². The van der Waals surface area contributed by atoms with Gasteiger partial charge in [0.15, 0.2) is 0 Å². The number of nitrogens with one attached hydrogen (secondary N) is 2. The number of hydrogen-bond donors (Lipinski definition) is 2. The van der Waals surface area contributed by atoms with E-state index in [-0.39, 0.29) is 11.8 Å². The van der Waals surface area contributed by atoms with E-state index in [2.05, 4.69) is 38.2 Å². The molecule has 0 aromatic carbocycles. The summed E-state index contributed by atoms with van der Waals surface area (Å²) in [4.78, 5) is 26.2. The molecule has 0 fully saturated rings. The lowest BCUT2D eigenvalue weighted by molar-refractivity contribution is -0.114. The predicted molar refractivity (Wildman–Crippen MR) is 69.8 cm³/mol. The van der Waals surface area contributed by atoms with Crippen LogP contribution in [0.4, 0.5) is 5.82 Å². The minimum Gasteiger partial charge on any atom is -0.351 e. The molecule has 0 bridgehead atoms. The number of pyridine rings is 1. The molecule has 86 valence electrons. The molecule has 0 saturated heterocycles. The number of hydrogen-bond acceptors (Lipinski definition) is 3. The van der Waals surface area contributed by atoms with Gasteiger partial charge in [0, 0.05) is 24.1 Å². The van der Waals surface area contributed by atoms with E-state index < -0.39 is 0 Å². The quantitative estimate of drug-likeness (QED) is 0.643. The lowest BCUT2D eigenvalue weighted by Gasteiger charge is -2.04. The molecule has 0 aliphatic heterocycles. The maximum Gasteiger partial charge on any atom is 0.252 e. The summed E-state index contributed by atoms with van der Waals surface area (Å²) in [6.45, 7) is 2.04. The summed E-state index contributed by atoms with van der Waals surface area (Å²) in [7, 11) is 0. The third-order valence-corrected chi connectivity index (χ3v) is 2.25. The molecule has 0 aliphatic carbocycles. The zero-order valence-electron chi connectivity index (χ0n) is 8.79. The van der Waals surface area contributed by atoms with Crippen molar-refractivity contribution in [2.45, 2.75) is 6.92 Å². The molecule has 1 aromatic heterocycles. The van der Waals surface area contributed by atoms with Gasteiger partial charge in [0.2, 0.25) is 5.91 Å². The van der Waals surface area contributed by atoms with Crippen molar-refractivity contribution in [3.8, 4) is 0 Å². The number of nitrogens with zero attached hydrogens (tertiary/aromatic N) is 1. The van der Waals surface area contributed by atoms with Crippen molar-refractivity contribution in [3.05, 3.63) is 23.9 Å². The zero-order valence-corrected chi connectivity index (χ0v) is 10.9. The normalized spacial score (nSPS) is 9.62. The molecule has 6 heteroatoms. The third kappa shape index (κ3) is 4.13. The van der Waals surface area contributed by atoms with Crippen LogP contribution in [0.5, 0.6) is 0 Å². The van der Waals surface area contributed by atoms with Crippen molar-refractivity contribution in [1.82, 2.24) is 10.3 Å². The fourth-order valence-corrected chi connectivity index (χ4v) is 1.32. The molecule has 1 rings (SSSR count). The van der Waals surface area contributed by atoms with Gasteiger partial charge >= 0.3 is 0 Å². The van der Waals surface area contributed by atoms with E-state index in [0.29, 0.717) is 17.9 Å². The Morgan fingerprint density at radius 2 is 2.19 bits per heavy atom. The summed E-state index contributed by atoms with van der Waals surface area (Å²) in [6.07, 6.45) is 1.44. The van der Waals surface area contributed by atoms with E-state index in [1.54, 1.807) is 12.1 Å². The number of carbonyl (C=O) groups excluding carboxylic acids is 2. The van der Waals surface area contributed by atoms with Crippen LogP contribution in [-0.4, -0.2) is 27.8 Å². The molecule has 1 aromatic rings. The largest absolute Gasteiger partial charge is 0.351 e. The monoisotopic (exact) mass is 333 g/mol. The first-order valence-electron chi connectivity index (χ1n) is 4.71. The molecule has 0 unspecified atom stereocenters. The number of halogens is 1. The lowest BCUT2D eigenvalue weighted by Crippen LogP contribution is -2.25. The second-order valence-electron chi connectivity index (χ2n) is 3.06. The maximum atomic E-state index is 11.5. The number of aromatic nitrogens is 1. The first-order chi connectivity index (χ1) is 7.63.